The summed E-state index contributed by atoms with van der Waals surface area (Å²) in [4.78, 5) is 0. The number of hydrogen-bond acceptors (Lipinski definition) is 3. The van der Waals surface area contributed by atoms with Gasteiger partial charge in [-0.2, -0.15) is 0 Å². The molecule has 0 saturated carbocycles. The van der Waals surface area contributed by atoms with Gasteiger partial charge in [0.25, 0.3) is 0 Å². The molecule has 9 heavy (non-hydrogen) atoms. The predicted molar refractivity (Wildman–Crippen MR) is 36.0 cm³/mol. The van der Waals surface area contributed by atoms with E-state index in [1.807, 2.05) is 0 Å². The van der Waals surface area contributed by atoms with E-state index in [0.717, 1.165) is 19.6 Å². The van der Waals surface area contributed by atoms with Gasteiger partial charge in [0.1, 0.15) is 0 Å². The summed E-state index contributed by atoms with van der Waals surface area (Å²) in [5.74, 6) is 0.388. The molecule has 0 aromatic carbocycles. The van der Waals surface area contributed by atoms with Gasteiger partial charge in [0.15, 0.2) is 0 Å². The maximum Gasteiger partial charge on any atom is 0.0521 e. The lowest BCUT2D eigenvalue weighted by Gasteiger charge is -2.27. The first-order valence-corrected chi connectivity index (χ1v) is 3.38. The number of rotatable bonds is 1. The fraction of sp³-hybridized carbons (Fsp3) is 1.00. The van der Waals surface area contributed by atoms with E-state index < -0.39 is 0 Å². The minimum atomic E-state index is 0.267. The molecule has 1 aliphatic rings. The number of ether oxygens (including phenoxy) is 1. The fourth-order valence-corrected chi connectivity index (χ4v) is 1.06. The molecule has 0 unspecified atom stereocenters. The van der Waals surface area contributed by atoms with Crippen LogP contribution in [0, 0.1) is 5.92 Å². The van der Waals surface area contributed by atoms with Gasteiger partial charge in [0.2, 0.25) is 0 Å². The summed E-state index contributed by atoms with van der Waals surface area (Å²) >= 11 is 0. The highest BCUT2D eigenvalue weighted by atomic mass is 16.5. The molecule has 0 radical (unpaired) electrons. The maximum atomic E-state index is 5.73. The van der Waals surface area contributed by atoms with Gasteiger partial charge in [0.05, 0.1) is 6.61 Å². The molecule has 54 valence electrons. The Bertz CT molecular complexity index is 87.1. The Labute approximate surface area is 55.4 Å². The Morgan fingerprint density at radius 2 is 2.33 bits per heavy atom. The summed E-state index contributed by atoms with van der Waals surface area (Å²) in [6, 6.07) is 0.267. The summed E-state index contributed by atoms with van der Waals surface area (Å²) in [5, 5.41) is 0. The van der Waals surface area contributed by atoms with Crippen molar-refractivity contribution in [1.82, 2.24) is 0 Å². The van der Waals surface area contributed by atoms with Gasteiger partial charge < -0.3 is 16.2 Å². The highest BCUT2D eigenvalue weighted by Crippen LogP contribution is 2.10. The van der Waals surface area contributed by atoms with Crippen LogP contribution < -0.4 is 11.5 Å². The van der Waals surface area contributed by atoms with Crippen molar-refractivity contribution in [2.75, 3.05) is 19.8 Å². The minimum Gasteiger partial charge on any atom is -0.381 e. The van der Waals surface area contributed by atoms with Crippen molar-refractivity contribution in [1.29, 1.82) is 0 Å². The van der Waals surface area contributed by atoms with Gasteiger partial charge in [0, 0.05) is 18.6 Å². The Hall–Kier alpha value is -0.120. The lowest BCUT2D eigenvalue weighted by atomic mass is 9.97. The molecule has 2 atom stereocenters. The second kappa shape index (κ2) is 3.15. The van der Waals surface area contributed by atoms with Crippen molar-refractivity contribution in [3.8, 4) is 0 Å². The average Bonchev–Trinajstić information content (AvgIpc) is 1.89. The van der Waals surface area contributed by atoms with Crippen molar-refractivity contribution in [3.63, 3.8) is 0 Å². The molecule has 0 aromatic rings. The molecule has 1 saturated heterocycles. The van der Waals surface area contributed by atoms with Gasteiger partial charge in [-0.25, -0.2) is 0 Å². The van der Waals surface area contributed by atoms with E-state index in [1.54, 1.807) is 0 Å². The van der Waals surface area contributed by atoms with E-state index in [1.165, 1.54) is 0 Å². The first kappa shape index (κ1) is 6.99. The molecule has 0 aromatic heterocycles. The van der Waals surface area contributed by atoms with Gasteiger partial charge >= 0.3 is 0 Å². The van der Waals surface area contributed by atoms with Gasteiger partial charge in [-0.1, -0.05) is 0 Å². The molecule has 0 bridgehead atoms. The molecule has 1 rings (SSSR count). The van der Waals surface area contributed by atoms with Crippen LogP contribution in [0.15, 0.2) is 0 Å². The summed E-state index contributed by atoms with van der Waals surface area (Å²) in [6.45, 7) is 2.20. The second-order valence-corrected chi connectivity index (χ2v) is 2.52. The second-order valence-electron chi connectivity index (χ2n) is 2.52. The van der Waals surface area contributed by atoms with Crippen LogP contribution in [-0.4, -0.2) is 25.8 Å². The van der Waals surface area contributed by atoms with Crippen molar-refractivity contribution < 1.29 is 4.74 Å². The van der Waals surface area contributed by atoms with Crippen LogP contribution in [0.2, 0.25) is 0 Å². The van der Waals surface area contributed by atoms with Gasteiger partial charge in [-0.3, -0.25) is 0 Å². The standard InChI is InChI=1S/C6H14N2O/c7-3-5-4-9-2-1-6(5)8/h5-6H,1-4,7-8H2/t5-,6-/m0/s1. The Kier molecular flexibility index (Phi) is 2.45. The number of nitrogens with two attached hydrogens (primary N) is 2. The quantitative estimate of drug-likeness (QED) is 0.494. The highest BCUT2D eigenvalue weighted by molar-refractivity contribution is 4.76. The highest BCUT2D eigenvalue weighted by Gasteiger charge is 2.20. The largest absolute Gasteiger partial charge is 0.381 e. The molecule has 4 N–H and O–H groups in total. The van der Waals surface area contributed by atoms with Crippen LogP contribution in [0.4, 0.5) is 0 Å². The molecular weight excluding hydrogens is 116 g/mol. The van der Waals surface area contributed by atoms with Gasteiger partial charge in [-0.15, -0.1) is 0 Å². The zero-order chi connectivity index (χ0) is 6.69. The van der Waals surface area contributed by atoms with Crippen molar-refractivity contribution in [2.45, 2.75) is 12.5 Å². The molecule has 1 heterocycles. The molecule has 0 aliphatic carbocycles. The molecule has 0 spiro atoms. The van der Waals surface area contributed by atoms with E-state index in [9.17, 15) is 0 Å². The molecule has 0 amide bonds. The Morgan fingerprint density at radius 3 is 2.78 bits per heavy atom. The minimum absolute atomic E-state index is 0.267. The van der Waals surface area contributed by atoms with E-state index in [2.05, 4.69) is 0 Å². The molecule has 1 fully saturated rings. The van der Waals surface area contributed by atoms with Crippen LogP contribution in [0.25, 0.3) is 0 Å². The number of hydrogen-bond donors (Lipinski definition) is 2. The zero-order valence-electron chi connectivity index (χ0n) is 5.55. The SMILES string of the molecule is NC[C@H]1COCC[C@@H]1N. The normalized spacial score (nSPS) is 36.7. The van der Waals surface area contributed by atoms with Crippen LogP contribution >= 0.6 is 0 Å². The lowest BCUT2D eigenvalue weighted by Crippen LogP contribution is -2.42. The predicted octanol–water partition coefficient (Wildman–Crippen LogP) is -0.691. The van der Waals surface area contributed by atoms with Crippen LogP contribution in [0.3, 0.4) is 0 Å². The lowest BCUT2D eigenvalue weighted by molar-refractivity contribution is 0.0454. The molecule has 1 aliphatic heterocycles. The fourth-order valence-electron chi connectivity index (χ4n) is 1.06. The summed E-state index contributed by atoms with van der Waals surface area (Å²) < 4.78 is 5.18. The third-order valence-corrected chi connectivity index (χ3v) is 1.84. The van der Waals surface area contributed by atoms with Crippen LogP contribution in [-0.2, 0) is 4.74 Å². The average molecular weight is 130 g/mol. The maximum absolute atomic E-state index is 5.73. The smallest absolute Gasteiger partial charge is 0.0521 e. The summed E-state index contributed by atoms with van der Waals surface area (Å²) in [7, 11) is 0. The van der Waals surface area contributed by atoms with Crippen LogP contribution in [0.5, 0.6) is 0 Å². The van der Waals surface area contributed by atoms with E-state index in [4.69, 9.17) is 16.2 Å². The Morgan fingerprint density at radius 1 is 1.56 bits per heavy atom. The van der Waals surface area contributed by atoms with E-state index in [0.29, 0.717) is 12.5 Å². The third-order valence-electron chi connectivity index (χ3n) is 1.84. The van der Waals surface area contributed by atoms with Crippen molar-refractivity contribution in [3.05, 3.63) is 0 Å². The monoisotopic (exact) mass is 130 g/mol. The summed E-state index contributed by atoms with van der Waals surface area (Å²) in [5.41, 5.74) is 11.2. The van der Waals surface area contributed by atoms with Crippen molar-refractivity contribution >= 4 is 0 Å². The summed E-state index contributed by atoms with van der Waals surface area (Å²) in [6.07, 6.45) is 0.960. The topological polar surface area (TPSA) is 61.3 Å². The molecular formula is C6H14N2O. The zero-order valence-corrected chi connectivity index (χ0v) is 5.55. The molecule has 3 heteroatoms. The van der Waals surface area contributed by atoms with E-state index >= 15 is 0 Å². The third kappa shape index (κ3) is 1.64. The first-order valence-electron chi connectivity index (χ1n) is 3.38. The first-order chi connectivity index (χ1) is 4.34. The molecule has 3 nitrogen and oxygen atoms in total. The van der Waals surface area contributed by atoms with Gasteiger partial charge in [-0.05, 0) is 13.0 Å². The van der Waals surface area contributed by atoms with Crippen LogP contribution in [0.1, 0.15) is 6.42 Å². The van der Waals surface area contributed by atoms with Crippen molar-refractivity contribution in [2.24, 2.45) is 17.4 Å². The Balaban J connectivity index is 2.30. The van der Waals surface area contributed by atoms with E-state index in [-0.39, 0.29) is 6.04 Å².